The van der Waals surface area contributed by atoms with Crippen molar-refractivity contribution in [1.29, 1.82) is 5.26 Å². The van der Waals surface area contributed by atoms with Gasteiger partial charge in [-0.05, 0) is 36.6 Å². The van der Waals surface area contributed by atoms with Gasteiger partial charge in [0.05, 0.1) is 16.8 Å². The Labute approximate surface area is 174 Å². The number of nitriles is 1. The third-order valence-electron chi connectivity index (χ3n) is 6.02. The summed E-state index contributed by atoms with van der Waals surface area (Å²) in [5.74, 6) is 0. The molecule has 1 saturated heterocycles. The van der Waals surface area contributed by atoms with E-state index in [1.165, 1.54) is 0 Å². The van der Waals surface area contributed by atoms with Crippen LogP contribution in [-0.2, 0) is 17.4 Å². The number of benzene rings is 2. The second-order valence-corrected chi connectivity index (χ2v) is 7.85. The molecule has 1 aliphatic heterocycles. The summed E-state index contributed by atoms with van der Waals surface area (Å²) in [6, 6.07) is 17.7. The summed E-state index contributed by atoms with van der Waals surface area (Å²) in [7, 11) is 3.44. The lowest BCUT2D eigenvalue weighted by atomic mass is 9.83. The second-order valence-electron chi connectivity index (χ2n) is 7.41. The Balaban J connectivity index is 1.76. The van der Waals surface area contributed by atoms with E-state index < -0.39 is 5.60 Å². The van der Waals surface area contributed by atoms with E-state index >= 15 is 0 Å². The van der Waals surface area contributed by atoms with Crippen LogP contribution in [0, 0.1) is 11.3 Å². The van der Waals surface area contributed by atoms with Crippen LogP contribution in [0.5, 0.6) is 0 Å². The number of pyridine rings is 1. The SMILES string of the molecule is COC1(c2cccc(Cl)c2)CCN(c2c(C#N)c(=O)n(C)c3ccccc23)CC1. The van der Waals surface area contributed by atoms with Gasteiger partial charge < -0.3 is 14.2 Å². The number of anilines is 1. The molecule has 148 valence electrons. The van der Waals surface area contributed by atoms with Crippen LogP contribution in [0.3, 0.4) is 0 Å². The van der Waals surface area contributed by atoms with E-state index in [4.69, 9.17) is 16.3 Å². The predicted octanol–water partition coefficient (Wildman–Crippen LogP) is 4.21. The number of hydrogen-bond donors (Lipinski definition) is 0. The van der Waals surface area contributed by atoms with Crippen LogP contribution >= 0.6 is 11.6 Å². The van der Waals surface area contributed by atoms with Gasteiger partial charge in [0.25, 0.3) is 5.56 Å². The van der Waals surface area contributed by atoms with Crippen LogP contribution in [0.25, 0.3) is 10.9 Å². The maximum atomic E-state index is 12.8. The number of hydrogen-bond acceptors (Lipinski definition) is 4. The van der Waals surface area contributed by atoms with E-state index in [1.54, 1.807) is 18.7 Å². The van der Waals surface area contributed by atoms with Gasteiger partial charge in [0.1, 0.15) is 11.6 Å². The standard InChI is InChI=1S/C23H22ClN3O2/c1-26-20-9-4-3-8-18(20)21(19(15-25)22(26)28)27-12-10-23(29-2,11-13-27)16-6-5-7-17(24)14-16/h3-9,14H,10-13H2,1-2H3. The molecule has 2 aromatic carbocycles. The summed E-state index contributed by atoms with van der Waals surface area (Å²) in [5.41, 5.74) is 2.11. The summed E-state index contributed by atoms with van der Waals surface area (Å²) >= 11 is 6.21. The Hall–Kier alpha value is -2.81. The largest absolute Gasteiger partial charge is 0.373 e. The summed E-state index contributed by atoms with van der Waals surface area (Å²) in [4.78, 5) is 14.9. The van der Waals surface area contributed by atoms with E-state index in [0.717, 1.165) is 35.0 Å². The number of aryl methyl sites for hydroxylation is 1. The highest BCUT2D eigenvalue weighted by molar-refractivity contribution is 6.30. The average Bonchev–Trinajstić information content (AvgIpc) is 2.76. The number of halogens is 1. The Bertz CT molecular complexity index is 1170. The molecule has 0 unspecified atom stereocenters. The molecule has 1 fully saturated rings. The van der Waals surface area contributed by atoms with Crippen molar-refractivity contribution in [3.8, 4) is 6.07 Å². The molecule has 3 aromatic rings. The van der Waals surface area contributed by atoms with Crippen molar-refractivity contribution in [3.63, 3.8) is 0 Å². The van der Waals surface area contributed by atoms with Crippen LogP contribution in [0.4, 0.5) is 5.69 Å². The number of para-hydroxylation sites is 1. The molecular weight excluding hydrogens is 386 g/mol. The fourth-order valence-electron chi connectivity index (χ4n) is 4.38. The zero-order chi connectivity index (χ0) is 20.6. The molecule has 5 nitrogen and oxygen atoms in total. The lowest BCUT2D eigenvalue weighted by Gasteiger charge is -2.42. The van der Waals surface area contributed by atoms with Crippen molar-refractivity contribution >= 4 is 28.2 Å². The first-order valence-electron chi connectivity index (χ1n) is 9.59. The maximum absolute atomic E-state index is 12.8. The fourth-order valence-corrected chi connectivity index (χ4v) is 4.57. The average molecular weight is 408 g/mol. The molecule has 0 radical (unpaired) electrons. The highest BCUT2D eigenvalue weighted by atomic mass is 35.5. The fraction of sp³-hybridized carbons (Fsp3) is 0.304. The van der Waals surface area contributed by atoms with E-state index in [-0.39, 0.29) is 11.1 Å². The molecule has 6 heteroatoms. The highest BCUT2D eigenvalue weighted by Crippen LogP contribution is 2.40. The first kappa shape index (κ1) is 19.5. The number of rotatable bonds is 3. The summed E-state index contributed by atoms with van der Waals surface area (Å²) in [6.07, 6.45) is 1.47. The number of piperidine rings is 1. The quantitative estimate of drug-likeness (QED) is 0.652. The molecule has 0 saturated carbocycles. The molecule has 0 N–H and O–H groups in total. The molecule has 0 bridgehead atoms. The summed E-state index contributed by atoms with van der Waals surface area (Å²) in [5, 5.41) is 11.3. The predicted molar refractivity (Wildman–Crippen MR) is 115 cm³/mol. The van der Waals surface area contributed by atoms with Crippen LogP contribution in [0.15, 0.2) is 53.3 Å². The van der Waals surface area contributed by atoms with Crippen molar-refractivity contribution in [2.75, 3.05) is 25.1 Å². The van der Waals surface area contributed by atoms with Gasteiger partial charge in [-0.25, -0.2) is 0 Å². The molecule has 4 rings (SSSR count). The molecule has 0 aliphatic carbocycles. The van der Waals surface area contributed by atoms with Gasteiger partial charge in [-0.2, -0.15) is 5.26 Å². The monoisotopic (exact) mass is 407 g/mol. The number of fused-ring (bicyclic) bond motifs is 1. The van der Waals surface area contributed by atoms with E-state index in [0.29, 0.717) is 18.1 Å². The van der Waals surface area contributed by atoms with Crippen LogP contribution in [0.2, 0.25) is 5.02 Å². The van der Waals surface area contributed by atoms with Crippen molar-refractivity contribution < 1.29 is 4.74 Å². The van der Waals surface area contributed by atoms with Gasteiger partial charge in [-0.15, -0.1) is 0 Å². The van der Waals surface area contributed by atoms with Gasteiger partial charge >= 0.3 is 0 Å². The Morgan fingerprint density at radius 2 is 1.86 bits per heavy atom. The normalized spacial score (nSPS) is 16.0. The smallest absolute Gasteiger partial charge is 0.270 e. The van der Waals surface area contributed by atoms with E-state index in [1.807, 2.05) is 48.5 Å². The van der Waals surface area contributed by atoms with Crippen molar-refractivity contribution in [2.24, 2.45) is 7.05 Å². The number of ether oxygens (including phenoxy) is 1. The number of nitrogens with zero attached hydrogens (tertiary/aromatic N) is 3. The maximum Gasteiger partial charge on any atom is 0.270 e. The van der Waals surface area contributed by atoms with E-state index in [2.05, 4.69) is 11.0 Å². The van der Waals surface area contributed by atoms with Gasteiger partial charge in [0.15, 0.2) is 0 Å². The lowest BCUT2D eigenvalue weighted by Crippen LogP contribution is -2.44. The first-order chi connectivity index (χ1) is 14.0. The van der Waals surface area contributed by atoms with Gasteiger partial charge in [-0.3, -0.25) is 4.79 Å². The van der Waals surface area contributed by atoms with Gasteiger partial charge in [-0.1, -0.05) is 41.9 Å². The zero-order valence-electron chi connectivity index (χ0n) is 16.5. The Morgan fingerprint density at radius 1 is 1.14 bits per heavy atom. The lowest BCUT2D eigenvalue weighted by molar-refractivity contribution is -0.0346. The molecule has 1 aromatic heterocycles. The minimum atomic E-state index is -0.427. The Kier molecular flexibility index (Phi) is 5.08. The van der Waals surface area contributed by atoms with Crippen molar-refractivity contribution in [3.05, 3.63) is 75.0 Å². The highest BCUT2D eigenvalue weighted by Gasteiger charge is 2.37. The van der Waals surface area contributed by atoms with Gasteiger partial charge in [0, 0.05) is 37.7 Å². The van der Waals surface area contributed by atoms with Crippen molar-refractivity contribution in [2.45, 2.75) is 18.4 Å². The molecule has 0 atom stereocenters. The van der Waals surface area contributed by atoms with Gasteiger partial charge in [0.2, 0.25) is 0 Å². The molecular formula is C23H22ClN3O2. The molecule has 2 heterocycles. The number of methoxy groups -OCH3 is 1. The summed E-state index contributed by atoms with van der Waals surface area (Å²) in [6.45, 7) is 1.35. The van der Waals surface area contributed by atoms with Crippen LogP contribution in [0.1, 0.15) is 24.0 Å². The second kappa shape index (κ2) is 7.55. The van der Waals surface area contributed by atoms with Crippen LogP contribution in [-0.4, -0.2) is 24.8 Å². The minimum Gasteiger partial charge on any atom is -0.373 e. The third-order valence-corrected chi connectivity index (χ3v) is 6.25. The summed E-state index contributed by atoms with van der Waals surface area (Å²) < 4.78 is 7.52. The molecule has 29 heavy (non-hydrogen) atoms. The van der Waals surface area contributed by atoms with Crippen molar-refractivity contribution in [1.82, 2.24) is 4.57 Å². The van der Waals surface area contributed by atoms with E-state index in [9.17, 15) is 10.1 Å². The number of aromatic nitrogens is 1. The first-order valence-corrected chi connectivity index (χ1v) is 9.96. The third kappa shape index (κ3) is 3.19. The topological polar surface area (TPSA) is 58.3 Å². The Morgan fingerprint density at radius 3 is 2.52 bits per heavy atom. The molecule has 1 aliphatic rings. The minimum absolute atomic E-state index is 0.193. The van der Waals surface area contributed by atoms with Crippen LogP contribution < -0.4 is 10.5 Å². The molecule has 0 spiro atoms. The zero-order valence-corrected chi connectivity index (χ0v) is 17.2. The molecule has 0 amide bonds.